The minimum atomic E-state index is -0.00621. The SMILES string of the molecule is C[C@@H]1CN(CC(=O)NCCc2nc(-c3cccnc3)no2)C[C@H](C)O1. The van der Waals surface area contributed by atoms with Gasteiger partial charge in [-0.1, -0.05) is 5.16 Å². The lowest BCUT2D eigenvalue weighted by Crippen LogP contribution is -2.49. The molecule has 0 aromatic carbocycles. The van der Waals surface area contributed by atoms with Gasteiger partial charge in [0.15, 0.2) is 0 Å². The van der Waals surface area contributed by atoms with Crippen LogP contribution in [0.1, 0.15) is 19.7 Å². The summed E-state index contributed by atoms with van der Waals surface area (Å²) in [5.41, 5.74) is 0.803. The monoisotopic (exact) mass is 345 g/mol. The first-order chi connectivity index (χ1) is 12.1. The first-order valence-corrected chi connectivity index (χ1v) is 8.47. The zero-order valence-electron chi connectivity index (χ0n) is 14.5. The Morgan fingerprint density at radius 3 is 2.88 bits per heavy atom. The maximum atomic E-state index is 12.1. The Morgan fingerprint density at radius 2 is 2.16 bits per heavy atom. The number of aromatic nitrogens is 3. The summed E-state index contributed by atoms with van der Waals surface area (Å²) in [4.78, 5) is 22.5. The van der Waals surface area contributed by atoms with Gasteiger partial charge in [-0.15, -0.1) is 0 Å². The van der Waals surface area contributed by atoms with E-state index in [1.165, 1.54) is 0 Å². The van der Waals surface area contributed by atoms with E-state index in [0.717, 1.165) is 18.7 Å². The topological polar surface area (TPSA) is 93.4 Å². The van der Waals surface area contributed by atoms with Gasteiger partial charge in [-0.3, -0.25) is 14.7 Å². The van der Waals surface area contributed by atoms with Crippen LogP contribution in [0.5, 0.6) is 0 Å². The summed E-state index contributed by atoms with van der Waals surface area (Å²) >= 11 is 0. The van der Waals surface area contributed by atoms with E-state index in [0.29, 0.717) is 31.2 Å². The molecule has 1 aliphatic heterocycles. The number of hydrogen-bond acceptors (Lipinski definition) is 7. The van der Waals surface area contributed by atoms with Crippen molar-refractivity contribution < 1.29 is 14.1 Å². The molecule has 3 rings (SSSR count). The minimum Gasteiger partial charge on any atom is -0.373 e. The lowest BCUT2D eigenvalue weighted by molar-refractivity contribution is -0.125. The van der Waals surface area contributed by atoms with Gasteiger partial charge in [-0.05, 0) is 26.0 Å². The van der Waals surface area contributed by atoms with Gasteiger partial charge in [-0.25, -0.2) is 0 Å². The molecule has 1 amide bonds. The quantitative estimate of drug-likeness (QED) is 0.831. The predicted octanol–water partition coefficient (Wildman–Crippen LogP) is 0.899. The molecule has 0 bridgehead atoms. The highest BCUT2D eigenvalue weighted by Crippen LogP contribution is 2.13. The Balaban J connectivity index is 1.42. The molecule has 0 spiro atoms. The molecule has 8 nitrogen and oxygen atoms in total. The van der Waals surface area contributed by atoms with E-state index < -0.39 is 0 Å². The van der Waals surface area contributed by atoms with Crippen LogP contribution in [-0.2, 0) is 16.0 Å². The van der Waals surface area contributed by atoms with Crippen molar-refractivity contribution in [1.82, 2.24) is 25.3 Å². The van der Waals surface area contributed by atoms with Crippen molar-refractivity contribution in [3.05, 3.63) is 30.4 Å². The molecule has 3 heterocycles. The first-order valence-electron chi connectivity index (χ1n) is 8.47. The van der Waals surface area contributed by atoms with Crippen LogP contribution in [0, 0.1) is 0 Å². The van der Waals surface area contributed by atoms with Crippen molar-refractivity contribution in [3.63, 3.8) is 0 Å². The van der Waals surface area contributed by atoms with Crippen molar-refractivity contribution >= 4 is 5.91 Å². The van der Waals surface area contributed by atoms with E-state index in [-0.39, 0.29) is 18.1 Å². The summed E-state index contributed by atoms with van der Waals surface area (Å²) in [6.45, 7) is 6.43. The van der Waals surface area contributed by atoms with E-state index in [1.54, 1.807) is 12.4 Å². The van der Waals surface area contributed by atoms with Gasteiger partial charge >= 0.3 is 0 Å². The third kappa shape index (κ3) is 5.07. The maximum Gasteiger partial charge on any atom is 0.234 e. The smallest absolute Gasteiger partial charge is 0.234 e. The minimum absolute atomic E-state index is 0.00621. The lowest BCUT2D eigenvalue weighted by atomic mass is 10.2. The maximum absolute atomic E-state index is 12.1. The predicted molar refractivity (Wildman–Crippen MR) is 90.7 cm³/mol. The van der Waals surface area contributed by atoms with Gasteiger partial charge in [0.2, 0.25) is 17.6 Å². The number of nitrogens with zero attached hydrogens (tertiary/aromatic N) is 4. The lowest BCUT2D eigenvalue weighted by Gasteiger charge is -2.34. The van der Waals surface area contributed by atoms with Crippen molar-refractivity contribution in [1.29, 1.82) is 0 Å². The third-order valence-corrected chi connectivity index (χ3v) is 3.91. The normalized spacial score (nSPS) is 21.2. The number of carbonyl (C=O) groups excluding carboxylic acids is 1. The summed E-state index contributed by atoms with van der Waals surface area (Å²) in [5, 5.41) is 6.83. The number of carbonyl (C=O) groups is 1. The average molecular weight is 345 g/mol. The van der Waals surface area contributed by atoms with E-state index >= 15 is 0 Å². The average Bonchev–Trinajstić information content (AvgIpc) is 3.03. The van der Waals surface area contributed by atoms with Gasteiger partial charge in [0.05, 0.1) is 18.8 Å². The zero-order chi connectivity index (χ0) is 17.6. The van der Waals surface area contributed by atoms with Crippen LogP contribution < -0.4 is 5.32 Å². The van der Waals surface area contributed by atoms with Crippen LogP contribution in [-0.4, -0.2) is 64.3 Å². The zero-order valence-corrected chi connectivity index (χ0v) is 14.5. The molecule has 1 saturated heterocycles. The van der Waals surface area contributed by atoms with Gasteiger partial charge in [-0.2, -0.15) is 4.98 Å². The Morgan fingerprint density at radius 1 is 1.36 bits per heavy atom. The number of ether oxygens (including phenoxy) is 1. The van der Waals surface area contributed by atoms with Gasteiger partial charge in [0, 0.05) is 44.0 Å². The fraction of sp³-hybridized carbons (Fsp3) is 0.529. The second kappa shape index (κ2) is 8.17. The number of hydrogen-bond donors (Lipinski definition) is 1. The molecule has 25 heavy (non-hydrogen) atoms. The summed E-state index contributed by atoms with van der Waals surface area (Å²) < 4.78 is 10.9. The van der Waals surface area contributed by atoms with Crippen molar-refractivity contribution in [2.45, 2.75) is 32.5 Å². The fourth-order valence-electron chi connectivity index (χ4n) is 2.95. The highest BCUT2D eigenvalue weighted by Gasteiger charge is 2.23. The summed E-state index contributed by atoms with van der Waals surface area (Å²) in [5.74, 6) is 0.992. The number of amides is 1. The second-order valence-electron chi connectivity index (χ2n) is 6.30. The largest absolute Gasteiger partial charge is 0.373 e. The molecule has 1 aliphatic rings. The molecule has 1 N–H and O–H groups in total. The molecule has 0 saturated carbocycles. The van der Waals surface area contributed by atoms with Gasteiger partial charge < -0.3 is 14.6 Å². The molecule has 8 heteroatoms. The molecule has 0 unspecified atom stereocenters. The molecule has 2 aromatic rings. The van der Waals surface area contributed by atoms with Crippen molar-refractivity contribution in [2.24, 2.45) is 0 Å². The van der Waals surface area contributed by atoms with Crippen molar-refractivity contribution in [2.75, 3.05) is 26.2 Å². The third-order valence-electron chi connectivity index (χ3n) is 3.91. The molecule has 0 radical (unpaired) electrons. The van der Waals surface area contributed by atoms with E-state index in [1.807, 2.05) is 26.0 Å². The van der Waals surface area contributed by atoms with Crippen LogP contribution in [0.4, 0.5) is 0 Å². The Bertz CT molecular complexity index is 681. The van der Waals surface area contributed by atoms with E-state index in [4.69, 9.17) is 9.26 Å². The van der Waals surface area contributed by atoms with E-state index in [2.05, 4.69) is 25.3 Å². The van der Waals surface area contributed by atoms with E-state index in [9.17, 15) is 4.79 Å². The standard InChI is InChI=1S/C17H23N5O3/c1-12-9-22(10-13(2)24-12)11-15(23)19-7-5-16-20-17(21-25-16)14-4-3-6-18-8-14/h3-4,6,8,12-13H,5,7,9-11H2,1-2H3,(H,19,23)/t12-,13+. The molecule has 2 aromatic heterocycles. The number of nitrogens with one attached hydrogen (secondary N) is 1. The van der Waals surface area contributed by atoms with Crippen LogP contribution in [0.15, 0.2) is 29.0 Å². The molecule has 0 aliphatic carbocycles. The molecular weight excluding hydrogens is 322 g/mol. The van der Waals surface area contributed by atoms with Gasteiger partial charge in [0.25, 0.3) is 0 Å². The highest BCUT2D eigenvalue weighted by atomic mass is 16.5. The first kappa shape index (κ1) is 17.5. The second-order valence-corrected chi connectivity index (χ2v) is 6.30. The summed E-state index contributed by atoms with van der Waals surface area (Å²) in [6.07, 6.45) is 4.17. The number of pyridine rings is 1. The summed E-state index contributed by atoms with van der Waals surface area (Å²) in [6, 6.07) is 3.69. The number of morpholine rings is 1. The Kier molecular flexibility index (Phi) is 5.72. The van der Waals surface area contributed by atoms with Gasteiger partial charge in [0.1, 0.15) is 0 Å². The molecule has 134 valence electrons. The Hall–Kier alpha value is -2.32. The van der Waals surface area contributed by atoms with Crippen LogP contribution >= 0.6 is 0 Å². The molecular formula is C17H23N5O3. The van der Waals surface area contributed by atoms with Crippen LogP contribution in [0.25, 0.3) is 11.4 Å². The van der Waals surface area contributed by atoms with Crippen molar-refractivity contribution in [3.8, 4) is 11.4 Å². The molecule has 1 fully saturated rings. The molecule has 2 atom stereocenters. The summed E-state index contributed by atoms with van der Waals surface area (Å²) in [7, 11) is 0. The number of rotatable bonds is 6. The highest BCUT2D eigenvalue weighted by molar-refractivity contribution is 5.78. The fourth-order valence-corrected chi connectivity index (χ4v) is 2.95. The van der Waals surface area contributed by atoms with Crippen LogP contribution in [0.3, 0.4) is 0 Å². The Labute approximate surface area is 146 Å². The van der Waals surface area contributed by atoms with Crippen LogP contribution in [0.2, 0.25) is 0 Å².